The van der Waals surface area contributed by atoms with E-state index in [4.69, 9.17) is 33.1 Å². The van der Waals surface area contributed by atoms with Crippen molar-refractivity contribution in [3.8, 4) is 5.75 Å². The quantitative estimate of drug-likeness (QED) is 0.0692. The van der Waals surface area contributed by atoms with Crippen LogP contribution >= 0.6 is 0 Å². The molecule has 3 fully saturated rings. The zero-order chi connectivity index (χ0) is 36.0. The minimum absolute atomic E-state index is 0.00736. The first kappa shape index (κ1) is 38.1. The number of ketones is 1. The van der Waals surface area contributed by atoms with E-state index in [2.05, 4.69) is 20.8 Å². The highest BCUT2D eigenvalue weighted by Gasteiger charge is 2.78. The third-order valence-electron chi connectivity index (χ3n) is 12.5. The Morgan fingerprint density at radius 3 is 2.27 bits per heavy atom. The maximum Gasteiger partial charge on any atom is 0.303 e. The second-order valence-electron chi connectivity index (χ2n) is 15.0. The summed E-state index contributed by atoms with van der Waals surface area (Å²) in [6.45, 7) is 16.6. The van der Waals surface area contributed by atoms with Crippen LogP contribution in [0.3, 0.4) is 0 Å². The summed E-state index contributed by atoms with van der Waals surface area (Å²) in [7, 11) is -2.38. The van der Waals surface area contributed by atoms with Crippen LogP contribution in [-0.2, 0) is 38.0 Å². The van der Waals surface area contributed by atoms with Crippen LogP contribution in [0.15, 0.2) is 41.5 Å². The Hall–Kier alpha value is -2.16. The summed E-state index contributed by atoms with van der Waals surface area (Å²) in [4.78, 5) is 40.2. The number of benzene rings is 1. The summed E-state index contributed by atoms with van der Waals surface area (Å²) in [5.41, 5.74) is -4.88. The van der Waals surface area contributed by atoms with Crippen molar-refractivity contribution in [3.63, 3.8) is 0 Å². The number of Topliss-reactive ketones (excluding diaryl/α,β-unsaturated/α-hetero) is 1. The van der Waals surface area contributed by atoms with Gasteiger partial charge in [0.25, 0.3) is 0 Å². The van der Waals surface area contributed by atoms with Gasteiger partial charge in [-0.25, -0.2) is 9.78 Å². The van der Waals surface area contributed by atoms with Crippen LogP contribution in [0.25, 0.3) is 0 Å². The van der Waals surface area contributed by atoms with Crippen molar-refractivity contribution in [2.75, 3.05) is 20.0 Å². The van der Waals surface area contributed by atoms with Crippen LogP contribution < -0.4 is 4.74 Å². The highest BCUT2D eigenvalue weighted by molar-refractivity contribution is 6.73. The average Bonchev–Trinajstić information content (AvgIpc) is 3.06. The second-order valence-corrected chi connectivity index (χ2v) is 19.7. The van der Waals surface area contributed by atoms with Gasteiger partial charge in [-0.2, -0.15) is 0 Å². The average molecular weight is 705 g/mol. The Balaban J connectivity index is 1.80. The molecule has 1 aliphatic heterocycles. The lowest BCUT2D eigenvalue weighted by atomic mass is 9.44. The Kier molecular flexibility index (Phi) is 11.0. The highest BCUT2D eigenvalue weighted by atomic mass is 28.4. The van der Waals surface area contributed by atoms with Crippen molar-refractivity contribution in [3.05, 3.63) is 41.5 Å². The number of fused-ring (bicyclic) bond motifs is 5. The van der Waals surface area contributed by atoms with Gasteiger partial charge in [-0.1, -0.05) is 52.8 Å². The number of hydrogen-bond acceptors (Lipinski definition) is 11. The number of rotatable bonds is 13. The molecular weight excluding hydrogens is 648 g/mol. The molecule has 11 nitrogen and oxygen atoms in total. The van der Waals surface area contributed by atoms with E-state index in [1.807, 2.05) is 39.0 Å². The maximum atomic E-state index is 15.7. The van der Waals surface area contributed by atoms with E-state index in [0.717, 1.165) is 18.1 Å². The van der Waals surface area contributed by atoms with Crippen molar-refractivity contribution >= 4 is 20.1 Å². The molecule has 1 saturated heterocycles. The van der Waals surface area contributed by atoms with Crippen LogP contribution in [0, 0.1) is 16.7 Å². The molecule has 1 heterocycles. The van der Waals surface area contributed by atoms with E-state index in [-0.39, 0.29) is 38.6 Å². The predicted molar refractivity (Wildman–Crippen MR) is 183 cm³/mol. The van der Waals surface area contributed by atoms with E-state index in [1.54, 1.807) is 26.0 Å². The van der Waals surface area contributed by atoms with Gasteiger partial charge in [-0.15, -0.1) is 0 Å². The molecule has 0 amide bonds. The fourth-order valence-electron chi connectivity index (χ4n) is 9.31. The van der Waals surface area contributed by atoms with Crippen LogP contribution in [-0.4, -0.2) is 92.0 Å². The van der Waals surface area contributed by atoms with Crippen LogP contribution in [0.5, 0.6) is 5.75 Å². The SMILES string of the molecule is CCOO[C@H]1C(=O)[C@]2(C)[C@@H](O[Si](CC)(CC)CC)C[C@H]3OC[C@@]3(OC(C)=O)[C@H]2[C@H](OCOc2ccccc2)[C@]2(O)C[C@H](O)C(C)=C1C2(C)C. The summed E-state index contributed by atoms with van der Waals surface area (Å²) < 4.78 is 32.5. The molecule has 274 valence electrons. The number of hydrogen-bond donors (Lipinski definition) is 2. The largest absolute Gasteiger partial charge is 0.468 e. The molecule has 12 heteroatoms. The summed E-state index contributed by atoms with van der Waals surface area (Å²) in [6, 6.07) is 11.7. The Morgan fingerprint density at radius 2 is 1.71 bits per heavy atom. The van der Waals surface area contributed by atoms with E-state index in [1.165, 1.54) is 6.92 Å². The summed E-state index contributed by atoms with van der Waals surface area (Å²) in [5.74, 6) is -1.35. The monoisotopic (exact) mass is 704 g/mol. The predicted octanol–water partition coefficient (Wildman–Crippen LogP) is 5.28. The summed E-state index contributed by atoms with van der Waals surface area (Å²) in [6.07, 6.45) is -4.79. The lowest BCUT2D eigenvalue weighted by Gasteiger charge is -2.68. The van der Waals surface area contributed by atoms with Gasteiger partial charge in [0, 0.05) is 31.1 Å². The molecule has 9 atom stereocenters. The molecule has 2 N–H and O–H groups in total. The van der Waals surface area contributed by atoms with Crippen LogP contribution in [0.1, 0.15) is 75.2 Å². The van der Waals surface area contributed by atoms with Crippen molar-refractivity contribution < 1.29 is 53.0 Å². The smallest absolute Gasteiger partial charge is 0.303 e. The molecule has 0 spiro atoms. The fourth-order valence-corrected chi connectivity index (χ4v) is 12.3. The number of ether oxygens (including phenoxy) is 4. The molecule has 4 aliphatic rings. The van der Waals surface area contributed by atoms with E-state index in [0.29, 0.717) is 16.9 Å². The molecule has 2 bridgehead atoms. The molecule has 5 rings (SSSR count). The maximum absolute atomic E-state index is 15.7. The first-order chi connectivity index (χ1) is 23.1. The normalized spacial score (nSPS) is 36.9. The molecule has 0 aromatic heterocycles. The highest BCUT2D eigenvalue weighted by Crippen LogP contribution is 2.65. The van der Waals surface area contributed by atoms with Gasteiger partial charge in [0.1, 0.15) is 17.5 Å². The number of aliphatic hydroxyl groups excluding tert-OH is 1. The number of carbonyl (C=O) groups is 2. The van der Waals surface area contributed by atoms with Gasteiger partial charge in [0.2, 0.25) is 0 Å². The van der Waals surface area contributed by atoms with Crippen LogP contribution in [0.4, 0.5) is 0 Å². The Bertz CT molecular complexity index is 1390. The molecular formula is C37H56O11Si. The fraction of sp³-hybridized carbons (Fsp3) is 0.730. The summed E-state index contributed by atoms with van der Waals surface area (Å²) >= 11 is 0. The van der Waals surface area contributed by atoms with Crippen molar-refractivity contribution in [2.24, 2.45) is 16.7 Å². The third kappa shape index (κ3) is 6.03. The lowest BCUT2D eigenvalue weighted by Crippen LogP contribution is -2.82. The second kappa shape index (κ2) is 14.1. The van der Waals surface area contributed by atoms with E-state index in [9.17, 15) is 15.0 Å². The Labute approximate surface area is 291 Å². The van der Waals surface area contributed by atoms with Gasteiger partial charge in [0.05, 0.1) is 36.9 Å². The van der Waals surface area contributed by atoms with Gasteiger partial charge >= 0.3 is 5.97 Å². The van der Waals surface area contributed by atoms with Gasteiger partial charge in [-0.3, -0.25) is 9.59 Å². The first-order valence-corrected chi connectivity index (χ1v) is 20.4. The molecule has 1 aromatic carbocycles. The molecule has 3 aliphatic carbocycles. The van der Waals surface area contributed by atoms with Crippen molar-refractivity contribution in [1.82, 2.24) is 0 Å². The molecule has 0 radical (unpaired) electrons. The number of carbonyl (C=O) groups excluding carboxylic acids is 2. The van der Waals surface area contributed by atoms with Crippen molar-refractivity contribution in [1.29, 1.82) is 0 Å². The zero-order valence-electron chi connectivity index (χ0n) is 30.6. The minimum Gasteiger partial charge on any atom is -0.468 e. The number of para-hydroxylation sites is 1. The molecule has 0 unspecified atom stereocenters. The van der Waals surface area contributed by atoms with E-state index >= 15 is 4.79 Å². The Morgan fingerprint density at radius 1 is 1.06 bits per heavy atom. The van der Waals surface area contributed by atoms with E-state index < -0.39 is 72.8 Å². The summed E-state index contributed by atoms with van der Waals surface area (Å²) in [5, 5.41) is 24.9. The van der Waals surface area contributed by atoms with Crippen LogP contribution in [0.2, 0.25) is 18.1 Å². The topological polar surface area (TPSA) is 139 Å². The van der Waals surface area contributed by atoms with Gasteiger partial charge in [0.15, 0.2) is 32.6 Å². The number of aliphatic hydroxyl groups is 2. The minimum atomic E-state index is -2.38. The van der Waals surface area contributed by atoms with Gasteiger partial charge < -0.3 is 33.6 Å². The van der Waals surface area contributed by atoms with Gasteiger partial charge in [-0.05, 0) is 62.2 Å². The first-order valence-electron chi connectivity index (χ1n) is 17.8. The lowest BCUT2D eigenvalue weighted by molar-refractivity contribution is -0.360. The van der Waals surface area contributed by atoms with Crippen molar-refractivity contribution in [2.45, 2.75) is 135 Å². The molecule has 2 saturated carbocycles. The number of esters is 1. The molecule has 49 heavy (non-hydrogen) atoms. The molecule has 1 aromatic rings. The standard InChI is InChI=1S/C37H56O11Si/c1-10-45-47-30-29-23(5)26(39)20-37(41,34(29,7)8)33(44-22-43-25-17-15-14-16-18-25)31-35(9,32(30)40)27(48-49(11-2,12-3)13-4)19-28-36(31,21-42-28)46-24(6)38/h14-18,26-28,30-31,33,39,41H,10-13,19-22H2,1-9H3/t26-,27-,28+,30+,31-,33-,35+,36-,37+/m0/s1. The zero-order valence-corrected chi connectivity index (χ0v) is 31.6. The third-order valence-corrected chi connectivity index (χ3v) is 17.1.